The smallest absolute Gasteiger partial charge is 0.420 e. The standard InChI is InChI=1S/C18H20F4N4O.C2H2O4/c19-13-9-12-3-4-14(27-16(12)15(10-13)18(20,21)22)11-23-5-1-6-24-17-25-7-2-8-26-17;3-1(4)2(5)6/h2,7-10,14,23H,1,3-6,11H2,(H,24,25,26);(H,3,4)(H,5,6). The van der Waals surface area contributed by atoms with Crippen molar-refractivity contribution >= 4 is 17.9 Å². The van der Waals surface area contributed by atoms with Crippen LogP contribution in [0.4, 0.5) is 23.5 Å². The van der Waals surface area contributed by atoms with Crippen molar-refractivity contribution < 1.29 is 42.1 Å². The highest BCUT2D eigenvalue weighted by molar-refractivity contribution is 6.27. The fraction of sp³-hybridized carbons (Fsp3) is 0.400. The predicted molar refractivity (Wildman–Crippen MR) is 107 cm³/mol. The molecule has 0 saturated heterocycles. The molecule has 13 heteroatoms. The van der Waals surface area contributed by atoms with Gasteiger partial charge >= 0.3 is 18.1 Å². The number of carbonyl (C=O) groups is 2. The summed E-state index contributed by atoms with van der Waals surface area (Å²) in [5, 5.41) is 21.0. The topological polar surface area (TPSA) is 134 Å². The first-order valence-electron chi connectivity index (χ1n) is 9.82. The van der Waals surface area contributed by atoms with Crippen molar-refractivity contribution in [2.75, 3.05) is 25.0 Å². The van der Waals surface area contributed by atoms with Crippen molar-refractivity contribution in [1.29, 1.82) is 0 Å². The lowest BCUT2D eigenvalue weighted by Gasteiger charge is -2.28. The maximum absolute atomic E-state index is 13.4. The van der Waals surface area contributed by atoms with Gasteiger partial charge in [0.25, 0.3) is 0 Å². The molecule has 0 bridgehead atoms. The minimum atomic E-state index is -4.65. The maximum atomic E-state index is 13.4. The first-order valence-corrected chi connectivity index (χ1v) is 9.82. The van der Waals surface area contributed by atoms with E-state index in [0.717, 1.165) is 12.5 Å². The van der Waals surface area contributed by atoms with E-state index in [-0.39, 0.29) is 17.4 Å². The quantitative estimate of drug-likeness (QED) is 0.271. The van der Waals surface area contributed by atoms with Gasteiger partial charge in [0.05, 0.1) is 0 Å². The zero-order chi connectivity index (χ0) is 24.4. The molecule has 1 aliphatic heterocycles. The number of aliphatic carboxylic acids is 2. The Morgan fingerprint density at radius 1 is 1.12 bits per heavy atom. The highest BCUT2D eigenvalue weighted by atomic mass is 19.4. The van der Waals surface area contributed by atoms with Crippen molar-refractivity contribution in [3.8, 4) is 5.75 Å². The number of fused-ring (bicyclic) bond motifs is 1. The van der Waals surface area contributed by atoms with Crippen LogP contribution >= 0.6 is 0 Å². The van der Waals surface area contributed by atoms with E-state index in [1.165, 1.54) is 0 Å². The number of hydrogen-bond donors (Lipinski definition) is 4. The number of carboxylic acid groups (broad SMARTS) is 2. The third-order valence-corrected chi connectivity index (χ3v) is 4.39. The average Bonchev–Trinajstić information content (AvgIpc) is 2.76. The molecule has 0 amide bonds. The Balaban J connectivity index is 0.000000569. The Labute approximate surface area is 185 Å². The van der Waals surface area contributed by atoms with E-state index in [0.29, 0.717) is 44.5 Å². The molecule has 0 saturated carbocycles. The molecule has 0 fully saturated rings. The van der Waals surface area contributed by atoms with Gasteiger partial charge in [-0.1, -0.05) is 0 Å². The molecule has 9 nitrogen and oxygen atoms in total. The molecule has 2 heterocycles. The van der Waals surface area contributed by atoms with Crippen LogP contribution in [0, 0.1) is 5.82 Å². The number of carboxylic acids is 2. The van der Waals surface area contributed by atoms with Crippen molar-refractivity contribution in [3.05, 3.63) is 47.5 Å². The van der Waals surface area contributed by atoms with Gasteiger partial charge in [0.15, 0.2) is 0 Å². The Kier molecular flexibility index (Phi) is 9.33. The van der Waals surface area contributed by atoms with Gasteiger partial charge in [-0.2, -0.15) is 13.2 Å². The molecule has 0 radical (unpaired) electrons. The number of benzene rings is 1. The highest BCUT2D eigenvalue weighted by Gasteiger charge is 2.38. The van der Waals surface area contributed by atoms with Gasteiger partial charge in [0.2, 0.25) is 5.95 Å². The molecule has 1 atom stereocenters. The molecule has 1 aromatic heterocycles. The summed E-state index contributed by atoms with van der Waals surface area (Å²) >= 11 is 0. The van der Waals surface area contributed by atoms with Crippen molar-refractivity contribution in [3.63, 3.8) is 0 Å². The van der Waals surface area contributed by atoms with Gasteiger partial charge < -0.3 is 25.6 Å². The number of alkyl halides is 3. The number of anilines is 1. The Morgan fingerprint density at radius 3 is 2.39 bits per heavy atom. The Morgan fingerprint density at radius 2 is 1.79 bits per heavy atom. The van der Waals surface area contributed by atoms with Crippen LogP contribution < -0.4 is 15.4 Å². The summed E-state index contributed by atoms with van der Waals surface area (Å²) in [5.41, 5.74) is -0.778. The molecule has 2 aromatic rings. The lowest BCUT2D eigenvalue weighted by molar-refractivity contribution is -0.159. The van der Waals surface area contributed by atoms with Crippen LogP contribution in [-0.4, -0.2) is 57.9 Å². The van der Waals surface area contributed by atoms with Gasteiger partial charge in [-0.3, -0.25) is 0 Å². The lowest BCUT2D eigenvalue weighted by Crippen LogP contribution is -2.35. The summed E-state index contributed by atoms with van der Waals surface area (Å²) in [6.45, 7) is 1.76. The predicted octanol–water partition coefficient (Wildman–Crippen LogP) is 2.58. The normalized spacial score (nSPS) is 14.8. The molecular formula is C20H22F4N4O5. The van der Waals surface area contributed by atoms with Crippen LogP contribution in [-0.2, 0) is 22.2 Å². The van der Waals surface area contributed by atoms with Crippen LogP contribution in [0.1, 0.15) is 24.0 Å². The molecule has 1 aromatic carbocycles. The fourth-order valence-corrected chi connectivity index (χ4v) is 2.94. The second kappa shape index (κ2) is 11.9. The van der Waals surface area contributed by atoms with Gasteiger partial charge in [0.1, 0.15) is 23.2 Å². The van der Waals surface area contributed by atoms with Crippen molar-refractivity contribution in [1.82, 2.24) is 15.3 Å². The van der Waals surface area contributed by atoms with Gasteiger partial charge in [-0.05, 0) is 49.6 Å². The van der Waals surface area contributed by atoms with E-state index in [2.05, 4.69) is 20.6 Å². The molecular weight excluding hydrogens is 452 g/mol. The summed E-state index contributed by atoms with van der Waals surface area (Å²) in [6, 6.07) is 3.34. The Hall–Kier alpha value is -3.48. The number of aryl methyl sites for hydroxylation is 1. The van der Waals surface area contributed by atoms with E-state index in [1.807, 2.05) is 0 Å². The SMILES string of the molecule is Fc1cc2c(c(C(F)(F)F)c1)OC(CNCCCNc1ncccn1)CC2.O=C(O)C(=O)O. The highest BCUT2D eigenvalue weighted by Crippen LogP contribution is 2.41. The third-order valence-electron chi connectivity index (χ3n) is 4.39. The molecule has 1 unspecified atom stereocenters. The molecule has 0 aliphatic carbocycles. The van der Waals surface area contributed by atoms with Crippen LogP contribution in [0.2, 0.25) is 0 Å². The number of nitrogens with one attached hydrogen (secondary N) is 2. The summed E-state index contributed by atoms with van der Waals surface area (Å²) < 4.78 is 58.4. The number of aromatic nitrogens is 2. The van der Waals surface area contributed by atoms with E-state index in [9.17, 15) is 17.6 Å². The largest absolute Gasteiger partial charge is 0.488 e. The number of rotatable bonds is 7. The van der Waals surface area contributed by atoms with E-state index < -0.39 is 29.5 Å². The Bertz CT molecular complexity index is 932. The molecule has 0 spiro atoms. The average molecular weight is 474 g/mol. The summed E-state index contributed by atoms with van der Waals surface area (Å²) in [6.07, 6.45) is -0.0474. The van der Waals surface area contributed by atoms with Crippen molar-refractivity contribution in [2.45, 2.75) is 31.5 Å². The fourth-order valence-electron chi connectivity index (χ4n) is 2.94. The van der Waals surface area contributed by atoms with Crippen LogP contribution in [0.25, 0.3) is 0 Å². The zero-order valence-corrected chi connectivity index (χ0v) is 17.2. The monoisotopic (exact) mass is 474 g/mol. The van der Waals surface area contributed by atoms with Gasteiger partial charge in [0, 0.05) is 25.5 Å². The van der Waals surface area contributed by atoms with Crippen molar-refractivity contribution in [2.24, 2.45) is 0 Å². The number of nitrogens with zero attached hydrogens (tertiary/aromatic N) is 2. The molecule has 33 heavy (non-hydrogen) atoms. The minimum absolute atomic E-state index is 0.246. The number of hydrogen-bond acceptors (Lipinski definition) is 7. The van der Waals surface area contributed by atoms with Crippen LogP contribution in [0.15, 0.2) is 30.6 Å². The van der Waals surface area contributed by atoms with Crippen LogP contribution in [0.3, 0.4) is 0 Å². The maximum Gasteiger partial charge on any atom is 0.420 e. The van der Waals surface area contributed by atoms with E-state index >= 15 is 0 Å². The summed E-state index contributed by atoms with van der Waals surface area (Å²) in [4.78, 5) is 26.3. The second-order valence-electron chi connectivity index (χ2n) is 6.89. The molecule has 4 N–H and O–H groups in total. The first-order chi connectivity index (χ1) is 15.6. The second-order valence-corrected chi connectivity index (χ2v) is 6.89. The van der Waals surface area contributed by atoms with E-state index in [1.54, 1.807) is 18.5 Å². The van der Waals surface area contributed by atoms with Crippen LogP contribution in [0.5, 0.6) is 5.75 Å². The first kappa shape index (κ1) is 25.8. The molecule has 180 valence electrons. The third kappa shape index (κ3) is 8.52. The summed E-state index contributed by atoms with van der Waals surface area (Å²) in [7, 11) is 0. The minimum Gasteiger partial charge on any atom is -0.488 e. The zero-order valence-electron chi connectivity index (χ0n) is 17.2. The van der Waals surface area contributed by atoms with Gasteiger partial charge in [-0.15, -0.1) is 0 Å². The lowest BCUT2D eigenvalue weighted by atomic mass is 9.98. The number of halogens is 4. The molecule has 1 aliphatic rings. The number of ether oxygens (including phenoxy) is 1. The van der Waals surface area contributed by atoms with Gasteiger partial charge in [-0.25, -0.2) is 23.9 Å². The molecule has 3 rings (SSSR count). The summed E-state index contributed by atoms with van der Waals surface area (Å²) in [5.74, 6) is -4.23. The van der Waals surface area contributed by atoms with E-state index in [4.69, 9.17) is 24.5 Å².